The second-order valence-corrected chi connectivity index (χ2v) is 5.94. The van der Waals surface area contributed by atoms with Crippen LogP contribution in [-0.2, 0) is 6.61 Å². The summed E-state index contributed by atoms with van der Waals surface area (Å²) in [6.07, 6.45) is 0. The summed E-state index contributed by atoms with van der Waals surface area (Å²) in [5.74, 6) is 0.817. The van der Waals surface area contributed by atoms with E-state index in [1.807, 2.05) is 38.3 Å². The van der Waals surface area contributed by atoms with Gasteiger partial charge >= 0.3 is 0 Å². The molecule has 1 heterocycles. The summed E-state index contributed by atoms with van der Waals surface area (Å²) < 4.78 is 5.75. The Bertz CT molecular complexity index is 558. The molecule has 1 aromatic carbocycles. The van der Waals surface area contributed by atoms with Crippen LogP contribution in [0, 0.1) is 13.8 Å². The first kappa shape index (κ1) is 14.3. The van der Waals surface area contributed by atoms with E-state index in [9.17, 15) is 0 Å². The van der Waals surface area contributed by atoms with Gasteiger partial charge in [0.15, 0.2) is 0 Å². The fourth-order valence-corrected chi connectivity index (χ4v) is 2.65. The van der Waals surface area contributed by atoms with Crippen LogP contribution in [0.25, 0.3) is 0 Å². The molecule has 0 fully saturated rings. The molecule has 0 saturated carbocycles. The fraction of sp³-hybridized carbons (Fsp3) is 0.357. The number of hydrogen-bond donors (Lipinski definition) is 1. The molecule has 1 aromatic heterocycles. The predicted molar refractivity (Wildman–Crippen MR) is 80.0 cm³/mol. The highest BCUT2D eigenvalue weighted by Crippen LogP contribution is 2.26. The van der Waals surface area contributed by atoms with Gasteiger partial charge in [-0.25, -0.2) is 4.98 Å². The third kappa shape index (κ3) is 3.47. The number of ether oxygens (including phenoxy) is 1. The van der Waals surface area contributed by atoms with Gasteiger partial charge in [0.25, 0.3) is 0 Å². The van der Waals surface area contributed by atoms with Crippen LogP contribution in [0.3, 0.4) is 0 Å². The Hall–Kier alpha value is -1.10. The molecule has 0 saturated heterocycles. The van der Waals surface area contributed by atoms with Crippen LogP contribution in [0.1, 0.15) is 34.8 Å². The smallest absolute Gasteiger partial charge is 0.140 e. The number of rotatable bonds is 4. The summed E-state index contributed by atoms with van der Waals surface area (Å²) in [5, 5.41) is 3.69. The van der Waals surface area contributed by atoms with E-state index in [4.69, 9.17) is 22.1 Å². The second-order valence-electron chi connectivity index (χ2n) is 4.61. The maximum absolute atomic E-state index is 6.13. The van der Waals surface area contributed by atoms with Gasteiger partial charge in [0.2, 0.25) is 0 Å². The summed E-state index contributed by atoms with van der Waals surface area (Å²) in [6.45, 7) is 6.32. The SMILES string of the molecule is Cc1cc(OCc2nc(C(C)N)cs2)cc(C)c1Cl. The number of benzene rings is 1. The van der Waals surface area contributed by atoms with E-state index in [2.05, 4.69) is 4.98 Å². The van der Waals surface area contributed by atoms with Crippen LogP contribution < -0.4 is 10.5 Å². The summed E-state index contributed by atoms with van der Waals surface area (Å²) >= 11 is 7.69. The second kappa shape index (κ2) is 5.90. The van der Waals surface area contributed by atoms with E-state index >= 15 is 0 Å². The lowest BCUT2D eigenvalue weighted by molar-refractivity contribution is 0.305. The lowest BCUT2D eigenvalue weighted by Crippen LogP contribution is -2.05. The highest BCUT2D eigenvalue weighted by Gasteiger charge is 2.08. The summed E-state index contributed by atoms with van der Waals surface area (Å²) in [4.78, 5) is 4.43. The van der Waals surface area contributed by atoms with Crippen molar-refractivity contribution in [3.8, 4) is 5.75 Å². The van der Waals surface area contributed by atoms with Gasteiger partial charge in [-0.2, -0.15) is 0 Å². The Kier molecular flexibility index (Phi) is 4.45. The summed E-state index contributed by atoms with van der Waals surface area (Å²) in [6, 6.07) is 3.84. The largest absolute Gasteiger partial charge is 0.486 e. The van der Waals surface area contributed by atoms with Crippen molar-refractivity contribution in [1.82, 2.24) is 4.98 Å². The molecule has 2 rings (SSSR count). The quantitative estimate of drug-likeness (QED) is 0.927. The van der Waals surface area contributed by atoms with Crippen LogP contribution in [0.5, 0.6) is 5.75 Å². The number of nitrogens with zero attached hydrogens (tertiary/aromatic N) is 1. The highest BCUT2D eigenvalue weighted by molar-refractivity contribution is 7.09. The molecule has 0 aliphatic carbocycles. The molecular weight excluding hydrogens is 280 g/mol. The molecule has 102 valence electrons. The molecule has 3 nitrogen and oxygen atoms in total. The number of hydrogen-bond acceptors (Lipinski definition) is 4. The molecule has 0 spiro atoms. The number of thiazole rings is 1. The average Bonchev–Trinajstić information content (AvgIpc) is 2.82. The van der Waals surface area contributed by atoms with Gasteiger partial charge < -0.3 is 10.5 Å². The van der Waals surface area contributed by atoms with E-state index in [1.165, 1.54) is 0 Å². The van der Waals surface area contributed by atoms with Crippen LogP contribution in [-0.4, -0.2) is 4.98 Å². The zero-order valence-corrected chi connectivity index (χ0v) is 12.8. The molecule has 0 bridgehead atoms. The van der Waals surface area contributed by atoms with Gasteiger partial charge in [0.05, 0.1) is 5.69 Å². The Morgan fingerprint density at radius 2 is 2.00 bits per heavy atom. The standard InChI is InChI=1S/C14H17ClN2OS/c1-8-4-11(5-9(2)14(8)15)18-6-13-17-12(7-19-13)10(3)16/h4-5,7,10H,6,16H2,1-3H3. The molecule has 0 aliphatic heterocycles. The zero-order chi connectivity index (χ0) is 14.0. The van der Waals surface area contributed by atoms with Crippen molar-refractivity contribution in [3.63, 3.8) is 0 Å². The molecule has 2 aromatic rings. The van der Waals surface area contributed by atoms with E-state index in [0.29, 0.717) is 6.61 Å². The molecule has 2 N–H and O–H groups in total. The molecule has 1 atom stereocenters. The summed E-state index contributed by atoms with van der Waals surface area (Å²) in [7, 11) is 0. The van der Waals surface area contributed by atoms with Crippen molar-refractivity contribution >= 4 is 22.9 Å². The molecular formula is C14H17ClN2OS. The van der Waals surface area contributed by atoms with Gasteiger partial charge in [0.1, 0.15) is 17.4 Å². The minimum Gasteiger partial charge on any atom is -0.486 e. The Labute approximate surface area is 122 Å². The van der Waals surface area contributed by atoms with Crippen molar-refractivity contribution in [3.05, 3.63) is 44.4 Å². The Morgan fingerprint density at radius 1 is 1.37 bits per heavy atom. The lowest BCUT2D eigenvalue weighted by atomic mass is 10.1. The molecule has 0 amide bonds. The predicted octanol–water partition coefficient (Wildman–Crippen LogP) is 4.01. The molecule has 19 heavy (non-hydrogen) atoms. The van der Waals surface area contributed by atoms with Crippen LogP contribution in [0.4, 0.5) is 0 Å². The number of halogens is 1. The van der Waals surface area contributed by atoms with E-state index < -0.39 is 0 Å². The first-order valence-electron chi connectivity index (χ1n) is 6.07. The monoisotopic (exact) mass is 296 g/mol. The minimum atomic E-state index is -0.0370. The highest BCUT2D eigenvalue weighted by atomic mass is 35.5. The lowest BCUT2D eigenvalue weighted by Gasteiger charge is -2.08. The van der Waals surface area contributed by atoms with Crippen LogP contribution in [0.15, 0.2) is 17.5 Å². The minimum absolute atomic E-state index is 0.0370. The maximum atomic E-state index is 6.13. The molecule has 0 aliphatic rings. The Balaban J connectivity index is 2.06. The molecule has 5 heteroatoms. The van der Waals surface area contributed by atoms with Crippen molar-refractivity contribution in [2.45, 2.75) is 33.4 Å². The summed E-state index contributed by atoms with van der Waals surface area (Å²) in [5.41, 5.74) is 8.73. The molecule has 0 radical (unpaired) electrons. The normalized spacial score (nSPS) is 12.5. The fourth-order valence-electron chi connectivity index (χ4n) is 1.74. The van der Waals surface area contributed by atoms with E-state index in [-0.39, 0.29) is 6.04 Å². The number of aryl methyl sites for hydroxylation is 2. The van der Waals surface area contributed by atoms with E-state index in [0.717, 1.165) is 32.6 Å². The van der Waals surface area contributed by atoms with E-state index in [1.54, 1.807) is 11.3 Å². The first-order chi connectivity index (χ1) is 8.97. The third-order valence-electron chi connectivity index (χ3n) is 2.81. The van der Waals surface area contributed by atoms with Gasteiger partial charge in [-0.1, -0.05) is 11.6 Å². The number of nitrogens with two attached hydrogens (primary N) is 1. The van der Waals surface area contributed by atoms with Crippen molar-refractivity contribution in [1.29, 1.82) is 0 Å². The van der Waals surface area contributed by atoms with Crippen molar-refractivity contribution < 1.29 is 4.74 Å². The Morgan fingerprint density at radius 3 is 2.53 bits per heavy atom. The van der Waals surface area contributed by atoms with Gasteiger partial charge in [-0.05, 0) is 44.0 Å². The third-order valence-corrected chi connectivity index (χ3v) is 4.25. The van der Waals surface area contributed by atoms with Gasteiger partial charge in [-0.15, -0.1) is 11.3 Å². The van der Waals surface area contributed by atoms with Crippen LogP contribution in [0.2, 0.25) is 5.02 Å². The van der Waals surface area contributed by atoms with Gasteiger partial charge in [0, 0.05) is 16.4 Å². The van der Waals surface area contributed by atoms with Crippen molar-refractivity contribution in [2.24, 2.45) is 5.73 Å². The first-order valence-corrected chi connectivity index (χ1v) is 7.32. The zero-order valence-electron chi connectivity index (χ0n) is 11.2. The maximum Gasteiger partial charge on any atom is 0.140 e. The van der Waals surface area contributed by atoms with Crippen LogP contribution >= 0.6 is 22.9 Å². The van der Waals surface area contributed by atoms with Crippen molar-refractivity contribution in [2.75, 3.05) is 0 Å². The topological polar surface area (TPSA) is 48.1 Å². The number of aromatic nitrogens is 1. The van der Waals surface area contributed by atoms with Gasteiger partial charge in [-0.3, -0.25) is 0 Å². The molecule has 1 unspecified atom stereocenters. The average molecular weight is 297 g/mol.